The predicted molar refractivity (Wildman–Crippen MR) is 79.4 cm³/mol. The molecule has 0 spiro atoms. The normalized spacial score (nSPS) is 14.3. The SMILES string of the molecule is Cc1nnc(SCCC(N)(CO)c2ccccc2)s1. The van der Waals surface area contributed by atoms with E-state index in [4.69, 9.17) is 5.73 Å². The first-order valence-electron chi connectivity index (χ1n) is 6.02. The van der Waals surface area contributed by atoms with Crippen LogP contribution in [0.4, 0.5) is 0 Å². The summed E-state index contributed by atoms with van der Waals surface area (Å²) in [5.41, 5.74) is 6.57. The second kappa shape index (κ2) is 6.47. The second-order valence-corrected chi connectivity index (χ2v) is 6.89. The van der Waals surface area contributed by atoms with E-state index < -0.39 is 5.54 Å². The molecule has 6 heteroatoms. The van der Waals surface area contributed by atoms with Crippen LogP contribution in [0.1, 0.15) is 17.0 Å². The van der Waals surface area contributed by atoms with Gasteiger partial charge >= 0.3 is 0 Å². The Labute approximate surface area is 121 Å². The van der Waals surface area contributed by atoms with Gasteiger partial charge in [0.25, 0.3) is 0 Å². The van der Waals surface area contributed by atoms with Crippen molar-refractivity contribution in [3.8, 4) is 0 Å². The summed E-state index contributed by atoms with van der Waals surface area (Å²) in [7, 11) is 0. The maximum Gasteiger partial charge on any atom is 0.174 e. The molecule has 0 aliphatic rings. The van der Waals surface area contributed by atoms with Crippen LogP contribution in [0.3, 0.4) is 0 Å². The van der Waals surface area contributed by atoms with Crippen molar-refractivity contribution in [1.29, 1.82) is 0 Å². The zero-order chi connectivity index (χ0) is 13.7. The van der Waals surface area contributed by atoms with Gasteiger partial charge in [-0.25, -0.2) is 0 Å². The lowest BCUT2D eigenvalue weighted by atomic mass is 9.89. The summed E-state index contributed by atoms with van der Waals surface area (Å²) in [6.07, 6.45) is 0.691. The molecule has 0 saturated heterocycles. The first-order valence-corrected chi connectivity index (χ1v) is 7.82. The van der Waals surface area contributed by atoms with E-state index >= 15 is 0 Å². The fourth-order valence-corrected chi connectivity index (χ4v) is 3.74. The highest BCUT2D eigenvalue weighted by Gasteiger charge is 2.26. The maximum atomic E-state index is 9.58. The van der Waals surface area contributed by atoms with Crippen molar-refractivity contribution in [2.24, 2.45) is 5.73 Å². The predicted octanol–water partition coefficient (Wildman–Crippen LogP) is 2.18. The molecule has 1 unspecified atom stereocenters. The van der Waals surface area contributed by atoms with Crippen molar-refractivity contribution < 1.29 is 5.11 Å². The molecule has 1 aromatic heterocycles. The Hall–Kier alpha value is -0.950. The monoisotopic (exact) mass is 295 g/mol. The fraction of sp³-hybridized carbons (Fsp3) is 0.385. The molecule has 2 aromatic rings. The molecular formula is C13H17N3OS2. The average molecular weight is 295 g/mol. The average Bonchev–Trinajstić information content (AvgIpc) is 2.85. The zero-order valence-corrected chi connectivity index (χ0v) is 12.4. The summed E-state index contributed by atoms with van der Waals surface area (Å²) in [6.45, 7) is 1.87. The molecule has 3 N–H and O–H groups in total. The van der Waals surface area contributed by atoms with Gasteiger partial charge in [0.1, 0.15) is 5.01 Å². The van der Waals surface area contributed by atoms with Gasteiger partial charge < -0.3 is 10.8 Å². The zero-order valence-electron chi connectivity index (χ0n) is 10.7. The lowest BCUT2D eigenvalue weighted by Crippen LogP contribution is -2.41. The third-order valence-electron chi connectivity index (χ3n) is 2.91. The van der Waals surface area contributed by atoms with Crippen LogP contribution in [0.2, 0.25) is 0 Å². The number of aryl methyl sites for hydroxylation is 1. The highest BCUT2D eigenvalue weighted by Crippen LogP contribution is 2.28. The van der Waals surface area contributed by atoms with Crippen LogP contribution >= 0.6 is 23.1 Å². The molecule has 2 rings (SSSR count). The molecule has 0 bridgehead atoms. The fourth-order valence-electron chi connectivity index (χ4n) is 1.74. The van der Waals surface area contributed by atoms with Gasteiger partial charge in [-0.3, -0.25) is 0 Å². The van der Waals surface area contributed by atoms with Gasteiger partial charge in [-0.2, -0.15) is 0 Å². The molecule has 1 heterocycles. The molecule has 0 aliphatic carbocycles. The van der Waals surface area contributed by atoms with Gasteiger partial charge in [-0.1, -0.05) is 53.4 Å². The molecular weight excluding hydrogens is 278 g/mol. The van der Waals surface area contributed by atoms with E-state index in [-0.39, 0.29) is 6.61 Å². The van der Waals surface area contributed by atoms with E-state index in [2.05, 4.69) is 10.2 Å². The molecule has 4 nitrogen and oxygen atoms in total. The minimum absolute atomic E-state index is 0.0628. The third-order valence-corrected chi connectivity index (χ3v) is 4.89. The number of nitrogens with two attached hydrogens (primary N) is 1. The third kappa shape index (κ3) is 3.76. The number of aromatic nitrogens is 2. The number of rotatable bonds is 6. The molecule has 0 amide bonds. The van der Waals surface area contributed by atoms with Crippen LogP contribution < -0.4 is 5.73 Å². The number of benzene rings is 1. The first kappa shape index (κ1) is 14.5. The summed E-state index contributed by atoms with van der Waals surface area (Å²) < 4.78 is 0.950. The van der Waals surface area contributed by atoms with Crippen molar-refractivity contribution in [2.75, 3.05) is 12.4 Å². The number of aliphatic hydroxyl groups excluding tert-OH is 1. The minimum atomic E-state index is -0.687. The Kier molecular flexibility index (Phi) is 4.93. The van der Waals surface area contributed by atoms with E-state index in [0.717, 1.165) is 20.7 Å². The Morgan fingerprint density at radius 3 is 2.63 bits per heavy atom. The smallest absolute Gasteiger partial charge is 0.174 e. The Morgan fingerprint density at radius 2 is 2.05 bits per heavy atom. The number of aliphatic hydroxyl groups is 1. The molecule has 19 heavy (non-hydrogen) atoms. The summed E-state index contributed by atoms with van der Waals surface area (Å²) in [4.78, 5) is 0. The molecule has 1 aromatic carbocycles. The van der Waals surface area contributed by atoms with E-state index in [0.29, 0.717) is 6.42 Å². The minimum Gasteiger partial charge on any atom is -0.394 e. The highest BCUT2D eigenvalue weighted by atomic mass is 32.2. The standard InChI is InChI=1S/C13H17N3OS2/c1-10-15-16-12(19-10)18-8-7-13(14,9-17)11-5-3-2-4-6-11/h2-6,17H,7-9,14H2,1H3. The van der Waals surface area contributed by atoms with E-state index in [1.165, 1.54) is 0 Å². The van der Waals surface area contributed by atoms with Crippen LogP contribution in [0, 0.1) is 6.92 Å². The maximum absolute atomic E-state index is 9.58. The lowest BCUT2D eigenvalue weighted by Gasteiger charge is -2.27. The topological polar surface area (TPSA) is 72.0 Å². The molecule has 102 valence electrons. The van der Waals surface area contributed by atoms with Crippen molar-refractivity contribution >= 4 is 23.1 Å². The first-order chi connectivity index (χ1) is 9.14. The van der Waals surface area contributed by atoms with Gasteiger partial charge in [-0.05, 0) is 18.9 Å². The van der Waals surface area contributed by atoms with Crippen LogP contribution in [0.5, 0.6) is 0 Å². The molecule has 1 atom stereocenters. The lowest BCUT2D eigenvalue weighted by molar-refractivity contribution is 0.193. The van der Waals surface area contributed by atoms with Gasteiger partial charge in [0.05, 0.1) is 12.1 Å². The summed E-state index contributed by atoms with van der Waals surface area (Å²) >= 11 is 3.21. The van der Waals surface area contributed by atoms with Crippen molar-refractivity contribution in [3.05, 3.63) is 40.9 Å². The summed E-state index contributed by atoms with van der Waals surface area (Å²) in [5, 5.41) is 18.6. The van der Waals surface area contributed by atoms with E-state index in [1.54, 1.807) is 23.1 Å². The number of nitrogens with zero attached hydrogens (tertiary/aromatic N) is 2. The quantitative estimate of drug-likeness (QED) is 0.799. The Bertz CT molecular complexity index is 518. The molecule has 0 aliphatic heterocycles. The van der Waals surface area contributed by atoms with Crippen LogP contribution in [0.25, 0.3) is 0 Å². The highest BCUT2D eigenvalue weighted by molar-refractivity contribution is 8.01. The van der Waals surface area contributed by atoms with Gasteiger partial charge in [0.2, 0.25) is 0 Å². The molecule has 0 saturated carbocycles. The second-order valence-electron chi connectivity index (χ2n) is 4.37. The Morgan fingerprint density at radius 1 is 1.32 bits per heavy atom. The van der Waals surface area contributed by atoms with E-state index in [1.807, 2.05) is 37.3 Å². The van der Waals surface area contributed by atoms with Gasteiger partial charge in [0.15, 0.2) is 4.34 Å². The van der Waals surface area contributed by atoms with Crippen LogP contribution in [-0.2, 0) is 5.54 Å². The number of hydrogen-bond acceptors (Lipinski definition) is 6. The summed E-state index contributed by atoms with van der Waals surface area (Å²) in [6, 6.07) is 9.73. The summed E-state index contributed by atoms with van der Waals surface area (Å²) in [5.74, 6) is 0.806. The number of thioether (sulfide) groups is 1. The largest absolute Gasteiger partial charge is 0.394 e. The number of hydrogen-bond donors (Lipinski definition) is 2. The molecule has 0 radical (unpaired) electrons. The van der Waals surface area contributed by atoms with Gasteiger partial charge in [0, 0.05) is 5.75 Å². The van der Waals surface area contributed by atoms with Crippen molar-refractivity contribution in [1.82, 2.24) is 10.2 Å². The van der Waals surface area contributed by atoms with Crippen LogP contribution in [-0.4, -0.2) is 27.7 Å². The van der Waals surface area contributed by atoms with Gasteiger partial charge in [-0.15, -0.1) is 10.2 Å². The molecule has 0 fully saturated rings. The Balaban J connectivity index is 1.96. The van der Waals surface area contributed by atoms with E-state index in [9.17, 15) is 5.11 Å². The van der Waals surface area contributed by atoms with Crippen molar-refractivity contribution in [3.63, 3.8) is 0 Å². The van der Waals surface area contributed by atoms with Crippen molar-refractivity contribution in [2.45, 2.75) is 23.2 Å². The van der Waals surface area contributed by atoms with Crippen LogP contribution in [0.15, 0.2) is 34.7 Å².